The number of hydrogen-bond acceptors (Lipinski definition) is 2. The molecular weight excluding hydrogens is 259 g/mol. The number of aryl methyl sites for hydroxylation is 1. The number of carbonyl (C=O) groups is 1. The molecule has 6 heteroatoms. The zero-order valence-corrected chi connectivity index (χ0v) is 10.4. The summed E-state index contributed by atoms with van der Waals surface area (Å²) < 4.78 is 43.0. The second-order valence-corrected chi connectivity index (χ2v) is 4.80. The van der Waals surface area contributed by atoms with Gasteiger partial charge in [0.1, 0.15) is 5.76 Å². The van der Waals surface area contributed by atoms with E-state index >= 15 is 0 Å². The summed E-state index contributed by atoms with van der Waals surface area (Å²) in [6.07, 6.45) is -1.54. The lowest BCUT2D eigenvalue weighted by Gasteiger charge is -2.33. The Morgan fingerprint density at radius 1 is 1.47 bits per heavy atom. The molecule has 1 aliphatic rings. The third-order valence-electron chi connectivity index (χ3n) is 3.40. The van der Waals surface area contributed by atoms with Gasteiger partial charge in [-0.2, -0.15) is 13.2 Å². The lowest BCUT2D eigenvalue weighted by molar-refractivity contribution is -0.188. The molecule has 0 aromatic carbocycles. The molecule has 1 aromatic heterocycles. The Morgan fingerprint density at radius 2 is 2.26 bits per heavy atom. The van der Waals surface area contributed by atoms with Crippen molar-refractivity contribution in [2.75, 3.05) is 13.1 Å². The van der Waals surface area contributed by atoms with Crippen molar-refractivity contribution in [1.82, 2.24) is 4.90 Å². The van der Waals surface area contributed by atoms with Gasteiger partial charge >= 0.3 is 6.18 Å². The molecule has 2 rings (SSSR count). The summed E-state index contributed by atoms with van der Waals surface area (Å²) in [6.45, 7) is 0.212. The average molecular weight is 275 g/mol. The van der Waals surface area contributed by atoms with Crippen molar-refractivity contribution in [3.05, 3.63) is 24.2 Å². The van der Waals surface area contributed by atoms with Crippen LogP contribution in [0.4, 0.5) is 13.2 Å². The van der Waals surface area contributed by atoms with Gasteiger partial charge in [0, 0.05) is 25.9 Å². The van der Waals surface area contributed by atoms with Gasteiger partial charge in [-0.25, -0.2) is 0 Å². The van der Waals surface area contributed by atoms with Crippen molar-refractivity contribution in [3.8, 4) is 0 Å². The van der Waals surface area contributed by atoms with Crippen molar-refractivity contribution < 1.29 is 22.4 Å². The Balaban J connectivity index is 1.85. The van der Waals surface area contributed by atoms with Crippen LogP contribution in [-0.4, -0.2) is 30.1 Å². The van der Waals surface area contributed by atoms with Crippen LogP contribution in [0.15, 0.2) is 22.8 Å². The van der Waals surface area contributed by atoms with Gasteiger partial charge in [0.15, 0.2) is 0 Å². The first-order valence-electron chi connectivity index (χ1n) is 6.33. The SMILES string of the molecule is O=C(CCc1ccco1)N1CCC[C@H](C(F)(F)F)C1. The monoisotopic (exact) mass is 275 g/mol. The Morgan fingerprint density at radius 3 is 2.89 bits per heavy atom. The van der Waals surface area contributed by atoms with Crippen LogP contribution in [0, 0.1) is 5.92 Å². The van der Waals surface area contributed by atoms with E-state index in [0.29, 0.717) is 25.1 Å². The van der Waals surface area contributed by atoms with E-state index in [1.165, 1.54) is 11.2 Å². The van der Waals surface area contributed by atoms with Gasteiger partial charge in [-0.3, -0.25) is 4.79 Å². The van der Waals surface area contributed by atoms with Crippen molar-refractivity contribution in [2.45, 2.75) is 31.9 Å². The molecule has 0 bridgehead atoms. The molecule has 1 saturated heterocycles. The summed E-state index contributed by atoms with van der Waals surface area (Å²) in [6, 6.07) is 3.47. The summed E-state index contributed by atoms with van der Waals surface area (Å²) in [5.74, 6) is -0.933. The molecule has 0 saturated carbocycles. The van der Waals surface area contributed by atoms with Crippen LogP contribution in [-0.2, 0) is 11.2 Å². The number of alkyl halides is 3. The van der Waals surface area contributed by atoms with E-state index < -0.39 is 12.1 Å². The normalized spacial score (nSPS) is 20.6. The van der Waals surface area contributed by atoms with Crippen LogP contribution < -0.4 is 0 Å². The molecule has 1 atom stereocenters. The molecule has 1 aliphatic heterocycles. The van der Waals surface area contributed by atoms with E-state index in [4.69, 9.17) is 4.42 Å². The second-order valence-electron chi connectivity index (χ2n) is 4.80. The number of amides is 1. The fourth-order valence-corrected chi connectivity index (χ4v) is 2.31. The van der Waals surface area contributed by atoms with Crippen molar-refractivity contribution >= 4 is 5.91 Å². The number of piperidine rings is 1. The molecule has 0 radical (unpaired) electrons. The summed E-state index contributed by atoms with van der Waals surface area (Å²) in [4.78, 5) is 13.2. The molecule has 3 nitrogen and oxygen atoms in total. The Bertz CT molecular complexity index is 414. The van der Waals surface area contributed by atoms with Crippen LogP contribution in [0.2, 0.25) is 0 Å². The Kier molecular flexibility index (Phi) is 4.17. The summed E-state index contributed by atoms with van der Waals surface area (Å²) in [7, 11) is 0. The molecule has 19 heavy (non-hydrogen) atoms. The van der Waals surface area contributed by atoms with Crippen LogP contribution in [0.25, 0.3) is 0 Å². The predicted octanol–water partition coefficient (Wildman–Crippen LogP) is 3.01. The third kappa shape index (κ3) is 3.75. The van der Waals surface area contributed by atoms with Crippen molar-refractivity contribution in [1.29, 1.82) is 0 Å². The van der Waals surface area contributed by atoms with Gasteiger partial charge < -0.3 is 9.32 Å². The molecule has 1 fully saturated rings. The van der Waals surface area contributed by atoms with E-state index in [0.717, 1.165) is 0 Å². The fourth-order valence-electron chi connectivity index (χ4n) is 2.31. The minimum atomic E-state index is -4.21. The second kappa shape index (κ2) is 5.67. The number of rotatable bonds is 3. The minimum Gasteiger partial charge on any atom is -0.469 e. The maximum absolute atomic E-state index is 12.6. The van der Waals surface area contributed by atoms with Gasteiger partial charge in [0.2, 0.25) is 5.91 Å². The van der Waals surface area contributed by atoms with Gasteiger partial charge in [-0.1, -0.05) is 0 Å². The van der Waals surface area contributed by atoms with Crippen LogP contribution >= 0.6 is 0 Å². The molecule has 1 amide bonds. The smallest absolute Gasteiger partial charge is 0.393 e. The van der Waals surface area contributed by atoms with Gasteiger partial charge in [-0.15, -0.1) is 0 Å². The number of halogens is 3. The number of carbonyl (C=O) groups excluding carboxylic acids is 1. The largest absolute Gasteiger partial charge is 0.469 e. The van der Waals surface area contributed by atoms with E-state index in [-0.39, 0.29) is 25.3 Å². The molecular formula is C13H16F3NO2. The third-order valence-corrected chi connectivity index (χ3v) is 3.40. The van der Waals surface area contributed by atoms with Crippen LogP contribution in [0.3, 0.4) is 0 Å². The lowest BCUT2D eigenvalue weighted by Crippen LogP contribution is -2.44. The first kappa shape index (κ1) is 14.0. The molecule has 0 aliphatic carbocycles. The number of likely N-dealkylation sites (tertiary alicyclic amines) is 1. The standard InChI is InChI=1S/C13H16F3NO2/c14-13(15,16)10-3-1-7-17(9-10)12(18)6-5-11-4-2-8-19-11/h2,4,8,10H,1,3,5-7,9H2/t10-/m0/s1. The van der Waals surface area contributed by atoms with Crippen LogP contribution in [0.1, 0.15) is 25.0 Å². The van der Waals surface area contributed by atoms with Gasteiger partial charge in [0.05, 0.1) is 12.2 Å². The summed E-state index contributed by atoms with van der Waals surface area (Å²) in [5, 5.41) is 0. The zero-order chi connectivity index (χ0) is 13.9. The quantitative estimate of drug-likeness (QED) is 0.849. The number of furan rings is 1. The highest BCUT2D eigenvalue weighted by Crippen LogP contribution is 2.33. The highest BCUT2D eigenvalue weighted by Gasteiger charge is 2.42. The van der Waals surface area contributed by atoms with E-state index in [2.05, 4.69) is 0 Å². The Labute approximate surface area is 109 Å². The highest BCUT2D eigenvalue weighted by molar-refractivity contribution is 5.76. The maximum Gasteiger partial charge on any atom is 0.393 e. The number of nitrogens with zero attached hydrogens (tertiary/aromatic N) is 1. The first-order valence-corrected chi connectivity index (χ1v) is 6.33. The molecule has 2 heterocycles. The first-order chi connectivity index (χ1) is 8.97. The average Bonchev–Trinajstić information content (AvgIpc) is 2.88. The van der Waals surface area contributed by atoms with Crippen molar-refractivity contribution in [3.63, 3.8) is 0 Å². The summed E-state index contributed by atoms with van der Waals surface area (Å²) >= 11 is 0. The van der Waals surface area contributed by atoms with E-state index in [9.17, 15) is 18.0 Å². The highest BCUT2D eigenvalue weighted by atomic mass is 19.4. The minimum absolute atomic E-state index is 0.117. The molecule has 0 N–H and O–H groups in total. The zero-order valence-electron chi connectivity index (χ0n) is 10.4. The van der Waals surface area contributed by atoms with E-state index in [1.54, 1.807) is 12.1 Å². The van der Waals surface area contributed by atoms with E-state index in [1.807, 2.05) is 0 Å². The van der Waals surface area contributed by atoms with Crippen molar-refractivity contribution in [2.24, 2.45) is 5.92 Å². The maximum atomic E-state index is 12.6. The topological polar surface area (TPSA) is 33.5 Å². The molecule has 1 aromatic rings. The lowest BCUT2D eigenvalue weighted by atomic mass is 9.97. The molecule has 0 unspecified atom stereocenters. The fraction of sp³-hybridized carbons (Fsp3) is 0.615. The van der Waals surface area contributed by atoms with Gasteiger partial charge in [-0.05, 0) is 25.0 Å². The Hall–Kier alpha value is -1.46. The number of hydrogen-bond donors (Lipinski definition) is 0. The molecule has 106 valence electrons. The molecule has 0 spiro atoms. The van der Waals surface area contributed by atoms with Crippen LogP contribution in [0.5, 0.6) is 0 Å². The summed E-state index contributed by atoms with van der Waals surface area (Å²) in [5.41, 5.74) is 0. The van der Waals surface area contributed by atoms with Gasteiger partial charge in [0.25, 0.3) is 0 Å². The predicted molar refractivity (Wildman–Crippen MR) is 62.4 cm³/mol.